The zero-order valence-electron chi connectivity index (χ0n) is 11.4. The summed E-state index contributed by atoms with van der Waals surface area (Å²) < 4.78 is 6.59. The third-order valence-corrected chi connectivity index (χ3v) is 5.01. The molecular formula is C14H15N3O2S2. The Morgan fingerprint density at radius 2 is 2.29 bits per heavy atom. The van der Waals surface area contributed by atoms with Gasteiger partial charge in [0.1, 0.15) is 17.4 Å². The van der Waals surface area contributed by atoms with Gasteiger partial charge >= 0.3 is 0 Å². The molecule has 0 aliphatic carbocycles. The monoisotopic (exact) mass is 321 g/mol. The summed E-state index contributed by atoms with van der Waals surface area (Å²) in [6, 6.07) is 7.80. The first kappa shape index (κ1) is 14.4. The molecule has 5 nitrogen and oxygen atoms in total. The van der Waals surface area contributed by atoms with Crippen LogP contribution in [-0.2, 0) is 0 Å². The highest BCUT2D eigenvalue weighted by molar-refractivity contribution is 8.01. The van der Waals surface area contributed by atoms with Gasteiger partial charge in [0.05, 0.1) is 6.10 Å². The Bertz CT molecular complexity index is 726. The largest absolute Gasteiger partial charge is 0.490 e. The fourth-order valence-corrected chi connectivity index (χ4v) is 3.67. The van der Waals surface area contributed by atoms with E-state index in [1.165, 1.54) is 23.1 Å². The normalized spacial score (nSPS) is 12.7. The highest BCUT2D eigenvalue weighted by Gasteiger charge is 2.10. The third kappa shape index (κ3) is 3.55. The van der Waals surface area contributed by atoms with Gasteiger partial charge in [0, 0.05) is 22.9 Å². The fraction of sp³-hybridized carbons (Fsp3) is 0.286. The molecule has 0 saturated heterocycles. The number of aromatic nitrogens is 3. The quantitative estimate of drug-likeness (QED) is 0.683. The number of fused-ring (bicyclic) bond motifs is 1. The maximum absolute atomic E-state index is 10.0. The Kier molecular flexibility index (Phi) is 4.42. The summed E-state index contributed by atoms with van der Waals surface area (Å²) in [4.78, 5) is 3.14. The van der Waals surface area contributed by atoms with E-state index in [1.54, 1.807) is 0 Å². The first-order valence-electron chi connectivity index (χ1n) is 6.52. The highest BCUT2D eigenvalue weighted by atomic mass is 32.2. The molecule has 1 aromatic carbocycles. The highest BCUT2D eigenvalue weighted by Crippen LogP contribution is 2.25. The van der Waals surface area contributed by atoms with Crippen LogP contribution in [-0.4, -0.2) is 38.8 Å². The minimum Gasteiger partial charge on any atom is -0.490 e. The van der Waals surface area contributed by atoms with Crippen LogP contribution in [0.1, 0.15) is 5.01 Å². The molecule has 3 aromatic rings. The lowest BCUT2D eigenvalue weighted by Crippen LogP contribution is -2.20. The number of nitrogens with zero attached hydrogens (tertiary/aromatic N) is 2. The molecular weight excluding hydrogens is 306 g/mol. The average molecular weight is 321 g/mol. The molecule has 0 radical (unpaired) electrons. The van der Waals surface area contributed by atoms with Crippen LogP contribution >= 0.6 is 23.1 Å². The standard InChI is InChI=1S/C14H15N3O2S2/c1-9-16-17-14(21-9)20-8-10(18)7-19-13-4-2-3-12-11(13)5-6-15-12/h2-6,10,15,18H,7-8H2,1H3. The van der Waals surface area contributed by atoms with Crippen molar-refractivity contribution in [2.75, 3.05) is 12.4 Å². The molecule has 0 saturated carbocycles. The van der Waals surface area contributed by atoms with Crippen LogP contribution in [0.3, 0.4) is 0 Å². The Hall–Kier alpha value is -1.57. The van der Waals surface area contributed by atoms with Crippen LogP contribution in [0, 0.1) is 6.92 Å². The number of ether oxygens (including phenoxy) is 1. The molecule has 0 amide bonds. The smallest absolute Gasteiger partial charge is 0.174 e. The van der Waals surface area contributed by atoms with E-state index in [4.69, 9.17) is 4.74 Å². The van der Waals surface area contributed by atoms with E-state index in [9.17, 15) is 5.11 Å². The number of aliphatic hydroxyl groups excluding tert-OH is 1. The molecule has 0 fully saturated rings. The second kappa shape index (κ2) is 6.46. The first-order valence-corrected chi connectivity index (χ1v) is 8.32. The van der Waals surface area contributed by atoms with Crippen molar-refractivity contribution >= 4 is 34.0 Å². The predicted molar refractivity (Wildman–Crippen MR) is 85.2 cm³/mol. The van der Waals surface area contributed by atoms with Crippen molar-refractivity contribution < 1.29 is 9.84 Å². The van der Waals surface area contributed by atoms with E-state index in [0.29, 0.717) is 5.75 Å². The summed E-state index contributed by atoms with van der Waals surface area (Å²) in [5, 5.41) is 19.9. The zero-order valence-corrected chi connectivity index (χ0v) is 13.1. The van der Waals surface area contributed by atoms with Gasteiger partial charge in [-0.05, 0) is 25.1 Å². The molecule has 1 atom stereocenters. The summed E-state index contributed by atoms with van der Waals surface area (Å²) in [5.41, 5.74) is 1.03. The van der Waals surface area contributed by atoms with E-state index in [-0.39, 0.29) is 6.61 Å². The van der Waals surface area contributed by atoms with Gasteiger partial charge in [0.25, 0.3) is 0 Å². The molecule has 7 heteroatoms. The van der Waals surface area contributed by atoms with Crippen molar-refractivity contribution in [3.8, 4) is 5.75 Å². The lowest BCUT2D eigenvalue weighted by molar-refractivity contribution is 0.127. The Labute approximate surface area is 130 Å². The van der Waals surface area contributed by atoms with Gasteiger partial charge in [0.15, 0.2) is 4.34 Å². The minimum absolute atomic E-state index is 0.259. The van der Waals surface area contributed by atoms with Crippen molar-refractivity contribution in [2.45, 2.75) is 17.4 Å². The molecule has 1 unspecified atom stereocenters. The van der Waals surface area contributed by atoms with E-state index in [0.717, 1.165) is 26.0 Å². The van der Waals surface area contributed by atoms with Gasteiger partial charge in [0.2, 0.25) is 0 Å². The number of nitrogens with one attached hydrogen (secondary N) is 1. The maximum Gasteiger partial charge on any atom is 0.174 e. The van der Waals surface area contributed by atoms with E-state index in [1.807, 2.05) is 37.4 Å². The number of aryl methyl sites for hydroxylation is 1. The number of aliphatic hydroxyl groups is 1. The van der Waals surface area contributed by atoms with Crippen molar-refractivity contribution in [2.24, 2.45) is 0 Å². The third-order valence-electron chi connectivity index (χ3n) is 2.89. The summed E-state index contributed by atoms with van der Waals surface area (Å²) in [7, 11) is 0. The summed E-state index contributed by atoms with van der Waals surface area (Å²) in [6.45, 7) is 2.17. The second-order valence-electron chi connectivity index (χ2n) is 4.56. The average Bonchev–Trinajstić information content (AvgIpc) is 3.11. The number of hydrogen-bond donors (Lipinski definition) is 2. The van der Waals surface area contributed by atoms with Crippen LogP contribution in [0.15, 0.2) is 34.8 Å². The lowest BCUT2D eigenvalue weighted by atomic mass is 10.2. The molecule has 0 bridgehead atoms. The number of benzene rings is 1. The summed E-state index contributed by atoms with van der Waals surface area (Å²) >= 11 is 3.03. The minimum atomic E-state index is -0.548. The molecule has 21 heavy (non-hydrogen) atoms. The topological polar surface area (TPSA) is 71.0 Å². The van der Waals surface area contributed by atoms with Crippen LogP contribution < -0.4 is 4.74 Å². The number of rotatable bonds is 6. The van der Waals surface area contributed by atoms with E-state index < -0.39 is 6.10 Å². The van der Waals surface area contributed by atoms with Gasteiger partial charge in [-0.3, -0.25) is 0 Å². The van der Waals surface area contributed by atoms with Crippen molar-refractivity contribution in [3.63, 3.8) is 0 Å². The Morgan fingerprint density at radius 3 is 3.10 bits per heavy atom. The number of thioether (sulfide) groups is 1. The molecule has 3 rings (SSSR count). The van der Waals surface area contributed by atoms with Crippen LogP contribution in [0.4, 0.5) is 0 Å². The van der Waals surface area contributed by atoms with Gasteiger partial charge in [-0.15, -0.1) is 10.2 Å². The Balaban J connectivity index is 1.53. The molecule has 2 N–H and O–H groups in total. The second-order valence-corrected chi connectivity index (χ2v) is 7.01. The first-order chi connectivity index (χ1) is 10.2. The zero-order chi connectivity index (χ0) is 14.7. The molecule has 0 aliphatic rings. The van der Waals surface area contributed by atoms with Crippen LogP contribution in [0.25, 0.3) is 10.9 Å². The van der Waals surface area contributed by atoms with Gasteiger partial charge in [-0.2, -0.15) is 0 Å². The molecule has 0 spiro atoms. The number of hydrogen-bond acceptors (Lipinski definition) is 6. The van der Waals surface area contributed by atoms with Gasteiger partial charge in [-0.25, -0.2) is 0 Å². The SMILES string of the molecule is Cc1nnc(SCC(O)COc2cccc3[nH]ccc23)s1. The van der Waals surface area contributed by atoms with E-state index >= 15 is 0 Å². The maximum atomic E-state index is 10.0. The predicted octanol–water partition coefficient (Wildman–Crippen LogP) is 2.86. The van der Waals surface area contributed by atoms with Gasteiger partial charge in [-0.1, -0.05) is 29.2 Å². The summed E-state index contributed by atoms with van der Waals surface area (Å²) in [6.07, 6.45) is 1.33. The van der Waals surface area contributed by atoms with Crippen LogP contribution in [0.2, 0.25) is 0 Å². The van der Waals surface area contributed by atoms with Crippen molar-refractivity contribution in [3.05, 3.63) is 35.5 Å². The lowest BCUT2D eigenvalue weighted by Gasteiger charge is -2.12. The van der Waals surface area contributed by atoms with Gasteiger partial charge < -0.3 is 14.8 Å². The molecule has 110 valence electrons. The Morgan fingerprint density at radius 1 is 1.38 bits per heavy atom. The number of aromatic amines is 1. The van der Waals surface area contributed by atoms with Crippen molar-refractivity contribution in [1.82, 2.24) is 15.2 Å². The molecule has 2 heterocycles. The van der Waals surface area contributed by atoms with Crippen LogP contribution in [0.5, 0.6) is 5.75 Å². The van der Waals surface area contributed by atoms with Crippen molar-refractivity contribution in [1.29, 1.82) is 0 Å². The fourth-order valence-electron chi connectivity index (χ4n) is 1.92. The van der Waals surface area contributed by atoms with E-state index in [2.05, 4.69) is 15.2 Å². The molecule has 0 aliphatic heterocycles. The summed E-state index contributed by atoms with van der Waals surface area (Å²) in [5.74, 6) is 1.32. The number of H-pyrrole nitrogens is 1. The molecule has 2 aromatic heterocycles.